The van der Waals surface area contributed by atoms with Gasteiger partial charge in [0.1, 0.15) is 5.75 Å². The lowest BCUT2D eigenvalue weighted by molar-refractivity contribution is -0.139. The van der Waals surface area contributed by atoms with Gasteiger partial charge in [0.05, 0.1) is 25.3 Å². The molecule has 0 spiro atoms. The van der Waals surface area contributed by atoms with Crippen LogP contribution in [0.15, 0.2) is 59.8 Å². The fourth-order valence-electron chi connectivity index (χ4n) is 3.27. The zero-order chi connectivity index (χ0) is 20.8. The number of urea groups is 1. The molecule has 152 valence electrons. The van der Waals surface area contributed by atoms with E-state index in [-0.39, 0.29) is 12.6 Å². The van der Waals surface area contributed by atoms with Gasteiger partial charge in [-0.25, -0.2) is 9.59 Å². The van der Waals surface area contributed by atoms with E-state index in [4.69, 9.17) is 21.1 Å². The SMILES string of the molecule is CCOC(=O)C1=C(CCc2ccccc2Cl)NC(=O)NC1c1ccc(OC)cc1. The third kappa shape index (κ3) is 4.90. The van der Waals surface area contributed by atoms with E-state index in [9.17, 15) is 9.59 Å². The normalized spacial score (nSPS) is 16.1. The number of methoxy groups -OCH3 is 1. The predicted octanol–water partition coefficient (Wildman–Crippen LogP) is 4.15. The van der Waals surface area contributed by atoms with Crippen molar-refractivity contribution < 1.29 is 19.1 Å². The van der Waals surface area contributed by atoms with Gasteiger partial charge in [0.25, 0.3) is 0 Å². The Morgan fingerprint density at radius 2 is 1.83 bits per heavy atom. The molecular formula is C22H23ClN2O4. The van der Waals surface area contributed by atoms with E-state index in [1.54, 1.807) is 26.2 Å². The Morgan fingerprint density at radius 1 is 1.10 bits per heavy atom. The molecule has 2 aromatic rings. The van der Waals surface area contributed by atoms with Crippen LogP contribution < -0.4 is 15.4 Å². The number of allylic oxidation sites excluding steroid dienone is 1. The number of amides is 2. The molecule has 1 aliphatic heterocycles. The van der Waals surface area contributed by atoms with Gasteiger partial charge >= 0.3 is 12.0 Å². The summed E-state index contributed by atoms with van der Waals surface area (Å²) in [6, 6.07) is 13.7. The summed E-state index contributed by atoms with van der Waals surface area (Å²) in [5.74, 6) is 0.226. The molecule has 2 amide bonds. The van der Waals surface area contributed by atoms with E-state index in [0.717, 1.165) is 11.1 Å². The lowest BCUT2D eigenvalue weighted by atomic mass is 9.93. The van der Waals surface area contributed by atoms with Crippen molar-refractivity contribution in [1.82, 2.24) is 10.6 Å². The molecule has 0 saturated carbocycles. The summed E-state index contributed by atoms with van der Waals surface area (Å²) in [6.45, 7) is 1.99. The molecule has 3 rings (SSSR count). The van der Waals surface area contributed by atoms with E-state index in [1.807, 2.05) is 36.4 Å². The van der Waals surface area contributed by atoms with Crippen molar-refractivity contribution in [2.75, 3.05) is 13.7 Å². The Hall–Kier alpha value is -2.99. The van der Waals surface area contributed by atoms with Crippen molar-refractivity contribution in [1.29, 1.82) is 0 Å². The Kier molecular flexibility index (Phi) is 6.77. The minimum Gasteiger partial charge on any atom is -0.497 e. The van der Waals surface area contributed by atoms with Crippen LogP contribution >= 0.6 is 11.6 Å². The third-order valence-electron chi connectivity index (χ3n) is 4.70. The minimum absolute atomic E-state index is 0.239. The van der Waals surface area contributed by atoms with Crippen LogP contribution in [0.5, 0.6) is 5.75 Å². The number of aryl methyl sites for hydroxylation is 1. The Morgan fingerprint density at radius 3 is 2.48 bits per heavy atom. The summed E-state index contributed by atoms with van der Waals surface area (Å²) in [5.41, 5.74) is 2.63. The van der Waals surface area contributed by atoms with Crippen molar-refractivity contribution in [3.63, 3.8) is 0 Å². The highest BCUT2D eigenvalue weighted by Crippen LogP contribution is 2.31. The van der Waals surface area contributed by atoms with E-state index < -0.39 is 12.0 Å². The molecule has 1 unspecified atom stereocenters. The van der Waals surface area contributed by atoms with Gasteiger partial charge in [-0.05, 0) is 49.1 Å². The highest BCUT2D eigenvalue weighted by Gasteiger charge is 2.33. The molecule has 2 N–H and O–H groups in total. The summed E-state index contributed by atoms with van der Waals surface area (Å²) >= 11 is 6.25. The second-order valence-corrected chi connectivity index (χ2v) is 6.92. The van der Waals surface area contributed by atoms with E-state index in [1.165, 1.54) is 0 Å². The molecule has 29 heavy (non-hydrogen) atoms. The fraction of sp³-hybridized carbons (Fsp3) is 0.273. The molecule has 6 nitrogen and oxygen atoms in total. The maximum atomic E-state index is 12.8. The van der Waals surface area contributed by atoms with Crippen LogP contribution in [0.25, 0.3) is 0 Å². The number of hydrogen-bond donors (Lipinski definition) is 2. The van der Waals surface area contributed by atoms with Crippen LogP contribution in [-0.2, 0) is 16.0 Å². The molecule has 0 radical (unpaired) electrons. The fourth-order valence-corrected chi connectivity index (χ4v) is 3.50. The highest BCUT2D eigenvalue weighted by atomic mass is 35.5. The molecular weight excluding hydrogens is 392 g/mol. The Bertz CT molecular complexity index is 925. The number of halogens is 1. The molecule has 1 aliphatic rings. The van der Waals surface area contributed by atoms with Crippen LogP contribution in [0.2, 0.25) is 5.02 Å². The first-order valence-electron chi connectivity index (χ1n) is 9.38. The Balaban J connectivity index is 1.97. The number of carbonyl (C=O) groups is 2. The van der Waals surface area contributed by atoms with Gasteiger partial charge in [-0.15, -0.1) is 0 Å². The number of nitrogens with one attached hydrogen (secondary N) is 2. The van der Waals surface area contributed by atoms with Crippen molar-refractivity contribution >= 4 is 23.6 Å². The molecule has 0 saturated heterocycles. The lowest BCUT2D eigenvalue weighted by Gasteiger charge is -2.29. The molecule has 0 aromatic heterocycles. The maximum Gasteiger partial charge on any atom is 0.338 e. The number of ether oxygens (including phenoxy) is 2. The van der Waals surface area contributed by atoms with Gasteiger partial charge in [-0.3, -0.25) is 0 Å². The molecule has 1 atom stereocenters. The van der Waals surface area contributed by atoms with Gasteiger partial charge in [0, 0.05) is 10.7 Å². The van der Waals surface area contributed by atoms with E-state index in [2.05, 4.69) is 10.6 Å². The number of rotatable bonds is 7. The number of benzene rings is 2. The van der Waals surface area contributed by atoms with Crippen LogP contribution in [0.4, 0.5) is 4.79 Å². The Labute approximate surface area is 174 Å². The first-order chi connectivity index (χ1) is 14.0. The molecule has 7 heteroatoms. The van der Waals surface area contributed by atoms with Crippen LogP contribution in [0, 0.1) is 0 Å². The average molecular weight is 415 g/mol. The number of esters is 1. The largest absolute Gasteiger partial charge is 0.497 e. The topological polar surface area (TPSA) is 76.7 Å². The molecule has 2 aromatic carbocycles. The second-order valence-electron chi connectivity index (χ2n) is 6.51. The molecule has 1 heterocycles. The van der Waals surface area contributed by atoms with E-state index in [0.29, 0.717) is 34.9 Å². The zero-order valence-electron chi connectivity index (χ0n) is 16.3. The van der Waals surface area contributed by atoms with Gasteiger partial charge in [-0.1, -0.05) is 41.9 Å². The van der Waals surface area contributed by atoms with Crippen molar-refractivity contribution in [2.24, 2.45) is 0 Å². The quantitative estimate of drug-likeness (QED) is 0.667. The number of hydrogen-bond acceptors (Lipinski definition) is 4. The minimum atomic E-state index is -0.616. The maximum absolute atomic E-state index is 12.8. The first-order valence-corrected chi connectivity index (χ1v) is 9.76. The zero-order valence-corrected chi connectivity index (χ0v) is 17.1. The van der Waals surface area contributed by atoms with Crippen LogP contribution in [0.1, 0.15) is 30.5 Å². The second kappa shape index (κ2) is 9.47. The third-order valence-corrected chi connectivity index (χ3v) is 5.07. The predicted molar refractivity (Wildman–Crippen MR) is 111 cm³/mol. The summed E-state index contributed by atoms with van der Waals surface area (Å²) in [5, 5.41) is 6.25. The summed E-state index contributed by atoms with van der Waals surface area (Å²) in [7, 11) is 1.58. The smallest absolute Gasteiger partial charge is 0.338 e. The van der Waals surface area contributed by atoms with Crippen LogP contribution in [-0.4, -0.2) is 25.7 Å². The first kappa shape index (κ1) is 20.7. The summed E-state index contributed by atoms with van der Waals surface area (Å²) < 4.78 is 10.5. The molecule has 0 bridgehead atoms. The van der Waals surface area contributed by atoms with Crippen molar-refractivity contribution in [2.45, 2.75) is 25.8 Å². The van der Waals surface area contributed by atoms with Gasteiger partial charge in [0.2, 0.25) is 0 Å². The van der Waals surface area contributed by atoms with Crippen molar-refractivity contribution in [3.8, 4) is 5.75 Å². The monoisotopic (exact) mass is 414 g/mol. The standard InChI is InChI=1S/C22H23ClN2O4/c1-3-29-21(26)19-18(13-10-14-6-4-5-7-17(14)23)24-22(27)25-20(19)15-8-11-16(28-2)12-9-15/h4-9,11-12,20H,3,10,13H2,1-2H3,(H2,24,25,27). The lowest BCUT2D eigenvalue weighted by Crippen LogP contribution is -2.46. The summed E-state index contributed by atoms with van der Waals surface area (Å²) in [6.07, 6.45) is 1.02. The molecule has 0 fully saturated rings. The van der Waals surface area contributed by atoms with Gasteiger partial charge in [-0.2, -0.15) is 0 Å². The average Bonchev–Trinajstić information content (AvgIpc) is 2.73. The van der Waals surface area contributed by atoms with Crippen molar-refractivity contribution in [3.05, 3.63) is 76.0 Å². The van der Waals surface area contributed by atoms with Gasteiger partial charge < -0.3 is 20.1 Å². The van der Waals surface area contributed by atoms with Crippen LogP contribution in [0.3, 0.4) is 0 Å². The van der Waals surface area contributed by atoms with E-state index >= 15 is 0 Å². The number of carbonyl (C=O) groups excluding carboxylic acids is 2. The highest BCUT2D eigenvalue weighted by molar-refractivity contribution is 6.31. The summed E-state index contributed by atoms with van der Waals surface area (Å²) in [4.78, 5) is 25.1. The molecule has 0 aliphatic carbocycles. The van der Waals surface area contributed by atoms with Gasteiger partial charge in [0.15, 0.2) is 0 Å².